The van der Waals surface area contributed by atoms with E-state index in [2.05, 4.69) is 11.4 Å². The zero-order valence-electron chi connectivity index (χ0n) is 11.2. The molecule has 4 nitrogen and oxygen atoms in total. The van der Waals surface area contributed by atoms with Gasteiger partial charge in [-0.15, -0.1) is 0 Å². The molecule has 1 N–H and O–H groups in total. The fourth-order valence-corrected chi connectivity index (χ4v) is 2.38. The van der Waals surface area contributed by atoms with Gasteiger partial charge in [0.25, 0.3) is 0 Å². The minimum atomic E-state index is -0.395. The highest BCUT2D eigenvalue weighted by Gasteiger charge is 2.36. The molecule has 0 heterocycles. The molecule has 1 rings (SSSR count). The quantitative estimate of drug-likeness (QED) is 0.770. The van der Waals surface area contributed by atoms with Gasteiger partial charge >= 0.3 is 0 Å². The molecule has 98 valence electrons. The highest BCUT2D eigenvalue weighted by molar-refractivity contribution is 5.09. The Labute approximate surface area is 104 Å². The standard InChI is InChI=1S/C13H24N2O2/c1-4-16-9-11(2)17-12-6-5-7-13(8-12,10-14)15-3/h11-12,15H,4-9H2,1-3H3. The van der Waals surface area contributed by atoms with Gasteiger partial charge in [-0.25, -0.2) is 0 Å². The van der Waals surface area contributed by atoms with Crippen molar-refractivity contribution >= 4 is 0 Å². The Kier molecular flexibility index (Phi) is 5.90. The number of hydrogen-bond donors (Lipinski definition) is 1. The van der Waals surface area contributed by atoms with Crippen molar-refractivity contribution in [2.24, 2.45) is 0 Å². The number of nitrogens with zero attached hydrogens (tertiary/aromatic N) is 1. The smallest absolute Gasteiger partial charge is 0.109 e. The van der Waals surface area contributed by atoms with Crippen LogP contribution in [0.4, 0.5) is 0 Å². The van der Waals surface area contributed by atoms with Crippen LogP contribution in [0.15, 0.2) is 0 Å². The maximum absolute atomic E-state index is 9.24. The molecule has 17 heavy (non-hydrogen) atoms. The zero-order chi connectivity index (χ0) is 12.7. The first-order valence-electron chi connectivity index (χ1n) is 6.49. The summed E-state index contributed by atoms with van der Waals surface area (Å²) in [5.74, 6) is 0. The van der Waals surface area contributed by atoms with E-state index in [4.69, 9.17) is 9.47 Å². The summed E-state index contributed by atoms with van der Waals surface area (Å²) < 4.78 is 11.3. The van der Waals surface area contributed by atoms with Crippen LogP contribution in [0, 0.1) is 11.3 Å². The molecular weight excluding hydrogens is 216 g/mol. The van der Waals surface area contributed by atoms with E-state index in [0.29, 0.717) is 6.61 Å². The largest absolute Gasteiger partial charge is 0.379 e. The lowest BCUT2D eigenvalue weighted by molar-refractivity contribution is -0.0666. The van der Waals surface area contributed by atoms with Crippen molar-refractivity contribution in [1.82, 2.24) is 5.32 Å². The van der Waals surface area contributed by atoms with Crippen molar-refractivity contribution < 1.29 is 9.47 Å². The van der Waals surface area contributed by atoms with Crippen LogP contribution in [0.1, 0.15) is 39.5 Å². The summed E-state index contributed by atoms with van der Waals surface area (Å²) in [6, 6.07) is 2.39. The van der Waals surface area contributed by atoms with E-state index in [1.807, 2.05) is 20.9 Å². The summed E-state index contributed by atoms with van der Waals surface area (Å²) in [5, 5.41) is 12.4. The average Bonchev–Trinajstić information content (AvgIpc) is 2.36. The second kappa shape index (κ2) is 6.95. The van der Waals surface area contributed by atoms with E-state index >= 15 is 0 Å². The summed E-state index contributed by atoms with van der Waals surface area (Å²) in [4.78, 5) is 0. The maximum Gasteiger partial charge on any atom is 0.109 e. The minimum absolute atomic E-state index is 0.103. The molecule has 3 atom stereocenters. The van der Waals surface area contributed by atoms with Gasteiger partial charge in [0.2, 0.25) is 0 Å². The lowest BCUT2D eigenvalue weighted by Crippen LogP contribution is -2.48. The number of rotatable bonds is 6. The van der Waals surface area contributed by atoms with Crippen LogP contribution in [-0.4, -0.2) is 38.0 Å². The van der Waals surface area contributed by atoms with Gasteiger partial charge in [0.05, 0.1) is 24.9 Å². The van der Waals surface area contributed by atoms with E-state index in [0.717, 1.165) is 32.3 Å². The lowest BCUT2D eigenvalue weighted by Gasteiger charge is -2.36. The number of nitriles is 1. The molecule has 1 aliphatic rings. The van der Waals surface area contributed by atoms with Crippen molar-refractivity contribution in [2.45, 2.75) is 57.3 Å². The summed E-state index contributed by atoms with van der Waals surface area (Å²) in [6.45, 7) is 5.36. The predicted molar refractivity (Wildman–Crippen MR) is 66.7 cm³/mol. The minimum Gasteiger partial charge on any atom is -0.379 e. The topological polar surface area (TPSA) is 54.3 Å². The summed E-state index contributed by atoms with van der Waals surface area (Å²) in [5.41, 5.74) is -0.395. The van der Waals surface area contributed by atoms with Gasteiger partial charge in [0.1, 0.15) is 5.54 Å². The van der Waals surface area contributed by atoms with Crippen LogP contribution in [0.2, 0.25) is 0 Å². The fraction of sp³-hybridized carbons (Fsp3) is 0.923. The van der Waals surface area contributed by atoms with Gasteiger partial charge in [0, 0.05) is 13.0 Å². The van der Waals surface area contributed by atoms with Crippen molar-refractivity contribution in [1.29, 1.82) is 5.26 Å². The van der Waals surface area contributed by atoms with Gasteiger partial charge in [-0.3, -0.25) is 0 Å². The third-order valence-corrected chi connectivity index (χ3v) is 3.38. The molecule has 3 unspecified atom stereocenters. The lowest BCUT2D eigenvalue weighted by atomic mass is 9.81. The van der Waals surface area contributed by atoms with Crippen LogP contribution in [0.25, 0.3) is 0 Å². The molecule has 0 aromatic carbocycles. The molecule has 0 aromatic heterocycles. The molecule has 4 heteroatoms. The molecule has 0 aromatic rings. The van der Waals surface area contributed by atoms with Crippen LogP contribution in [0.5, 0.6) is 0 Å². The van der Waals surface area contributed by atoms with Gasteiger partial charge in [-0.05, 0) is 40.2 Å². The van der Waals surface area contributed by atoms with Gasteiger partial charge < -0.3 is 14.8 Å². The highest BCUT2D eigenvalue weighted by atomic mass is 16.5. The van der Waals surface area contributed by atoms with Crippen LogP contribution < -0.4 is 5.32 Å². The molecule has 1 saturated carbocycles. The summed E-state index contributed by atoms with van der Waals surface area (Å²) in [7, 11) is 1.86. The summed E-state index contributed by atoms with van der Waals surface area (Å²) in [6.07, 6.45) is 4.05. The molecule has 0 amide bonds. The Hall–Kier alpha value is -0.630. The van der Waals surface area contributed by atoms with Crippen LogP contribution in [0.3, 0.4) is 0 Å². The third kappa shape index (κ3) is 4.27. The SMILES string of the molecule is CCOCC(C)OC1CCCC(C#N)(NC)C1. The first-order chi connectivity index (χ1) is 8.15. The Morgan fingerprint density at radius 3 is 2.94 bits per heavy atom. The Morgan fingerprint density at radius 1 is 1.59 bits per heavy atom. The Morgan fingerprint density at radius 2 is 2.35 bits per heavy atom. The summed E-state index contributed by atoms with van der Waals surface area (Å²) >= 11 is 0. The fourth-order valence-electron chi connectivity index (χ4n) is 2.38. The molecular formula is C13H24N2O2. The molecule has 0 saturated heterocycles. The Balaban J connectivity index is 2.42. The first-order valence-corrected chi connectivity index (χ1v) is 6.49. The van der Waals surface area contributed by atoms with Crippen molar-refractivity contribution in [3.8, 4) is 6.07 Å². The van der Waals surface area contributed by atoms with Crippen molar-refractivity contribution in [3.05, 3.63) is 0 Å². The second-order valence-corrected chi connectivity index (χ2v) is 4.77. The number of ether oxygens (including phenoxy) is 2. The normalized spacial score (nSPS) is 30.8. The highest BCUT2D eigenvalue weighted by Crippen LogP contribution is 2.30. The Bertz CT molecular complexity index is 265. The molecule has 1 aliphatic carbocycles. The van der Waals surface area contributed by atoms with Gasteiger partial charge in [-0.2, -0.15) is 5.26 Å². The van der Waals surface area contributed by atoms with Gasteiger partial charge in [0.15, 0.2) is 0 Å². The number of nitrogens with one attached hydrogen (secondary N) is 1. The average molecular weight is 240 g/mol. The molecule has 1 fully saturated rings. The first kappa shape index (κ1) is 14.4. The second-order valence-electron chi connectivity index (χ2n) is 4.77. The van der Waals surface area contributed by atoms with Gasteiger partial charge in [-0.1, -0.05) is 0 Å². The van der Waals surface area contributed by atoms with Crippen LogP contribution >= 0.6 is 0 Å². The van der Waals surface area contributed by atoms with Crippen molar-refractivity contribution in [3.63, 3.8) is 0 Å². The zero-order valence-corrected chi connectivity index (χ0v) is 11.2. The van der Waals surface area contributed by atoms with E-state index in [-0.39, 0.29) is 12.2 Å². The predicted octanol–water partition coefficient (Wildman–Crippen LogP) is 1.85. The molecule has 0 spiro atoms. The van der Waals surface area contributed by atoms with Crippen LogP contribution in [-0.2, 0) is 9.47 Å². The van der Waals surface area contributed by atoms with E-state index in [1.165, 1.54) is 0 Å². The van der Waals surface area contributed by atoms with E-state index < -0.39 is 5.54 Å². The van der Waals surface area contributed by atoms with Crippen molar-refractivity contribution in [2.75, 3.05) is 20.3 Å². The van der Waals surface area contributed by atoms with E-state index in [1.54, 1.807) is 0 Å². The maximum atomic E-state index is 9.24. The monoisotopic (exact) mass is 240 g/mol. The van der Waals surface area contributed by atoms with E-state index in [9.17, 15) is 5.26 Å². The third-order valence-electron chi connectivity index (χ3n) is 3.38. The molecule has 0 aliphatic heterocycles. The molecule has 0 radical (unpaired) electrons. The number of hydrogen-bond acceptors (Lipinski definition) is 4. The molecule has 0 bridgehead atoms.